The molecule has 0 aliphatic heterocycles. The molecule has 0 saturated carbocycles. The molecule has 0 aliphatic carbocycles. The van der Waals surface area contributed by atoms with Crippen molar-refractivity contribution >= 4 is 11.4 Å². The molecule has 0 spiro atoms. The van der Waals surface area contributed by atoms with E-state index < -0.39 is 0 Å². The Morgan fingerprint density at radius 1 is 0.889 bits per heavy atom. The normalized spacial score (nSPS) is 10.3. The van der Waals surface area contributed by atoms with Gasteiger partial charge in [0.15, 0.2) is 0 Å². The highest BCUT2D eigenvalue weighted by Gasteiger charge is 1.97. The summed E-state index contributed by atoms with van der Waals surface area (Å²) in [6.45, 7) is 3.19. The summed E-state index contributed by atoms with van der Waals surface area (Å²) in [4.78, 5) is 0. The zero-order chi connectivity index (χ0) is 12.8. The van der Waals surface area contributed by atoms with Crippen LogP contribution in [0.1, 0.15) is 24.5 Å². The maximum atomic E-state index is 5.68. The molecule has 94 valence electrons. The molecule has 0 unspecified atom stereocenters. The van der Waals surface area contributed by atoms with E-state index in [4.69, 9.17) is 5.73 Å². The van der Waals surface area contributed by atoms with Crippen LogP contribution in [0.25, 0.3) is 0 Å². The van der Waals surface area contributed by atoms with Gasteiger partial charge in [-0.15, -0.1) is 0 Å². The van der Waals surface area contributed by atoms with Gasteiger partial charge in [0, 0.05) is 17.9 Å². The number of anilines is 2. The van der Waals surface area contributed by atoms with Gasteiger partial charge in [0.05, 0.1) is 0 Å². The average Bonchev–Trinajstić information content (AvgIpc) is 2.41. The largest absolute Gasteiger partial charge is 0.399 e. The third kappa shape index (κ3) is 3.52. The van der Waals surface area contributed by atoms with Gasteiger partial charge < -0.3 is 11.1 Å². The lowest BCUT2D eigenvalue weighted by atomic mass is 10.0. The first kappa shape index (κ1) is 12.5. The molecule has 2 nitrogen and oxygen atoms in total. The van der Waals surface area contributed by atoms with E-state index in [1.54, 1.807) is 0 Å². The van der Waals surface area contributed by atoms with E-state index in [0.29, 0.717) is 0 Å². The summed E-state index contributed by atoms with van der Waals surface area (Å²) < 4.78 is 0. The molecule has 0 aliphatic rings. The molecule has 2 aromatic rings. The van der Waals surface area contributed by atoms with E-state index in [1.165, 1.54) is 16.8 Å². The van der Waals surface area contributed by atoms with Crippen molar-refractivity contribution in [3.63, 3.8) is 0 Å². The van der Waals surface area contributed by atoms with Crippen LogP contribution in [0.2, 0.25) is 0 Å². The van der Waals surface area contributed by atoms with Crippen LogP contribution in [-0.4, -0.2) is 6.54 Å². The van der Waals surface area contributed by atoms with Crippen LogP contribution in [0.4, 0.5) is 11.4 Å². The lowest BCUT2D eigenvalue weighted by molar-refractivity contribution is 0.979. The van der Waals surface area contributed by atoms with E-state index >= 15 is 0 Å². The number of hydrogen-bond donors (Lipinski definition) is 2. The first-order valence-corrected chi connectivity index (χ1v) is 6.45. The lowest BCUT2D eigenvalue weighted by Gasteiger charge is -2.06. The second-order valence-corrected chi connectivity index (χ2v) is 4.54. The van der Waals surface area contributed by atoms with Crippen molar-refractivity contribution in [2.45, 2.75) is 19.8 Å². The standard InChI is InChI=1S/C16H20N2/c1-2-11-18-16-9-5-14(6-10-16)12-13-3-7-15(17)8-4-13/h3-10,18H,2,11-12,17H2,1H3. The lowest BCUT2D eigenvalue weighted by Crippen LogP contribution is -1.99. The zero-order valence-corrected chi connectivity index (χ0v) is 10.8. The summed E-state index contributed by atoms with van der Waals surface area (Å²) in [7, 11) is 0. The molecule has 0 fully saturated rings. The number of rotatable bonds is 5. The van der Waals surface area contributed by atoms with Crippen molar-refractivity contribution in [2.75, 3.05) is 17.6 Å². The summed E-state index contributed by atoms with van der Waals surface area (Å²) in [6.07, 6.45) is 2.10. The minimum Gasteiger partial charge on any atom is -0.399 e. The van der Waals surface area contributed by atoms with Crippen LogP contribution in [0.3, 0.4) is 0 Å². The van der Waals surface area contributed by atoms with Crippen molar-refractivity contribution in [1.29, 1.82) is 0 Å². The minimum absolute atomic E-state index is 0.817. The molecular formula is C16H20N2. The van der Waals surface area contributed by atoms with Gasteiger partial charge in [0.1, 0.15) is 0 Å². The summed E-state index contributed by atoms with van der Waals surface area (Å²) >= 11 is 0. The topological polar surface area (TPSA) is 38.0 Å². The smallest absolute Gasteiger partial charge is 0.0340 e. The van der Waals surface area contributed by atoms with Gasteiger partial charge in [-0.05, 0) is 48.2 Å². The zero-order valence-electron chi connectivity index (χ0n) is 10.8. The van der Waals surface area contributed by atoms with Gasteiger partial charge in [-0.25, -0.2) is 0 Å². The van der Waals surface area contributed by atoms with Crippen LogP contribution < -0.4 is 11.1 Å². The van der Waals surface area contributed by atoms with E-state index in [9.17, 15) is 0 Å². The van der Waals surface area contributed by atoms with E-state index in [0.717, 1.165) is 25.1 Å². The SMILES string of the molecule is CCCNc1ccc(Cc2ccc(N)cc2)cc1. The third-order valence-corrected chi connectivity index (χ3v) is 2.92. The van der Waals surface area contributed by atoms with Crippen molar-refractivity contribution < 1.29 is 0 Å². The van der Waals surface area contributed by atoms with Crippen LogP contribution in [0.15, 0.2) is 48.5 Å². The molecule has 0 amide bonds. The van der Waals surface area contributed by atoms with Crippen molar-refractivity contribution in [1.82, 2.24) is 0 Å². The first-order chi connectivity index (χ1) is 8.78. The highest BCUT2D eigenvalue weighted by atomic mass is 14.9. The Balaban J connectivity index is 1.99. The Labute approximate surface area is 109 Å². The molecule has 2 rings (SSSR count). The molecule has 18 heavy (non-hydrogen) atoms. The van der Waals surface area contributed by atoms with Crippen LogP contribution >= 0.6 is 0 Å². The molecular weight excluding hydrogens is 220 g/mol. The van der Waals surface area contributed by atoms with E-state index in [2.05, 4.69) is 48.6 Å². The second kappa shape index (κ2) is 6.10. The van der Waals surface area contributed by atoms with Crippen molar-refractivity contribution in [3.05, 3.63) is 59.7 Å². The second-order valence-electron chi connectivity index (χ2n) is 4.54. The quantitative estimate of drug-likeness (QED) is 0.782. The fraction of sp³-hybridized carbons (Fsp3) is 0.250. The van der Waals surface area contributed by atoms with Crippen LogP contribution in [0.5, 0.6) is 0 Å². The molecule has 0 saturated heterocycles. The fourth-order valence-electron chi connectivity index (χ4n) is 1.88. The molecule has 0 heterocycles. The maximum Gasteiger partial charge on any atom is 0.0340 e. The van der Waals surface area contributed by atoms with Gasteiger partial charge in [0.2, 0.25) is 0 Å². The monoisotopic (exact) mass is 240 g/mol. The number of nitrogens with two attached hydrogens (primary N) is 1. The Kier molecular flexibility index (Phi) is 4.24. The van der Waals surface area contributed by atoms with Gasteiger partial charge in [-0.1, -0.05) is 31.2 Å². The van der Waals surface area contributed by atoms with Gasteiger partial charge >= 0.3 is 0 Å². The Morgan fingerprint density at radius 2 is 1.44 bits per heavy atom. The summed E-state index contributed by atoms with van der Waals surface area (Å²) in [5.41, 5.74) is 10.3. The number of nitrogens with one attached hydrogen (secondary N) is 1. The number of benzene rings is 2. The molecule has 3 N–H and O–H groups in total. The predicted octanol–water partition coefficient (Wildman–Crippen LogP) is 3.68. The average molecular weight is 240 g/mol. The fourth-order valence-corrected chi connectivity index (χ4v) is 1.88. The molecule has 0 aromatic heterocycles. The molecule has 2 heteroatoms. The minimum atomic E-state index is 0.817. The van der Waals surface area contributed by atoms with Crippen LogP contribution in [0, 0.1) is 0 Å². The summed E-state index contributed by atoms with van der Waals surface area (Å²) in [5.74, 6) is 0. The van der Waals surface area contributed by atoms with Crippen molar-refractivity contribution in [2.24, 2.45) is 0 Å². The molecule has 0 atom stereocenters. The first-order valence-electron chi connectivity index (χ1n) is 6.45. The number of hydrogen-bond acceptors (Lipinski definition) is 2. The highest BCUT2D eigenvalue weighted by molar-refractivity contribution is 5.46. The van der Waals surface area contributed by atoms with Crippen LogP contribution in [-0.2, 0) is 6.42 Å². The van der Waals surface area contributed by atoms with Crippen molar-refractivity contribution in [3.8, 4) is 0 Å². The van der Waals surface area contributed by atoms with Gasteiger partial charge in [0.25, 0.3) is 0 Å². The van der Waals surface area contributed by atoms with E-state index in [1.807, 2.05) is 12.1 Å². The Bertz CT molecular complexity index is 471. The van der Waals surface area contributed by atoms with E-state index in [-0.39, 0.29) is 0 Å². The molecule has 0 bridgehead atoms. The predicted molar refractivity (Wildman–Crippen MR) is 78.9 cm³/mol. The third-order valence-electron chi connectivity index (χ3n) is 2.92. The molecule has 0 radical (unpaired) electrons. The van der Waals surface area contributed by atoms with Gasteiger partial charge in [-0.3, -0.25) is 0 Å². The Hall–Kier alpha value is -1.96. The number of nitrogen functional groups attached to an aromatic ring is 1. The summed E-state index contributed by atoms with van der Waals surface area (Å²) in [6, 6.07) is 16.7. The molecule has 2 aromatic carbocycles. The summed E-state index contributed by atoms with van der Waals surface area (Å²) in [5, 5.41) is 3.38. The Morgan fingerprint density at radius 3 is 2.00 bits per heavy atom. The maximum absolute atomic E-state index is 5.68. The highest BCUT2D eigenvalue weighted by Crippen LogP contribution is 2.14. The van der Waals surface area contributed by atoms with Gasteiger partial charge in [-0.2, -0.15) is 0 Å².